The van der Waals surface area contributed by atoms with Crippen molar-refractivity contribution in [3.8, 4) is 33.9 Å². The number of ether oxygens (including phenoxy) is 1. The van der Waals surface area contributed by atoms with E-state index in [2.05, 4.69) is 22.2 Å². The smallest absolute Gasteiger partial charge is 0.178 e. The van der Waals surface area contributed by atoms with Crippen molar-refractivity contribution in [1.82, 2.24) is 10.1 Å². The fourth-order valence-corrected chi connectivity index (χ4v) is 3.63. The average molecular weight is 401 g/mol. The van der Waals surface area contributed by atoms with Gasteiger partial charge in [0.05, 0.1) is 35.1 Å². The van der Waals surface area contributed by atoms with Crippen LogP contribution in [0.5, 0.6) is 11.5 Å². The number of rotatable bonds is 4. The highest BCUT2D eigenvalue weighted by atomic mass is 35.5. The molecule has 0 bridgehead atoms. The zero-order chi connectivity index (χ0) is 19.7. The maximum atomic E-state index is 10.3. The molecule has 1 aliphatic rings. The highest BCUT2D eigenvalue weighted by molar-refractivity contribution is 6.32. The van der Waals surface area contributed by atoms with Gasteiger partial charge in [0.2, 0.25) is 0 Å². The first-order chi connectivity index (χ1) is 13.5. The van der Waals surface area contributed by atoms with Crippen LogP contribution in [0.15, 0.2) is 40.9 Å². The lowest BCUT2D eigenvalue weighted by atomic mass is 9.97. The number of hydrogen-bond acceptors (Lipinski definition) is 6. The van der Waals surface area contributed by atoms with Crippen molar-refractivity contribution < 1.29 is 19.5 Å². The van der Waals surface area contributed by atoms with Gasteiger partial charge in [-0.1, -0.05) is 35.0 Å². The average Bonchev–Trinajstić information content (AvgIpc) is 3.07. The summed E-state index contributed by atoms with van der Waals surface area (Å²) >= 11 is 6.04. The maximum absolute atomic E-state index is 10.3. The molecule has 2 aromatic carbocycles. The van der Waals surface area contributed by atoms with E-state index in [0.29, 0.717) is 17.0 Å². The Kier molecular flexibility index (Phi) is 5.26. The summed E-state index contributed by atoms with van der Waals surface area (Å²) in [6, 6.07) is 10.9. The summed E-state index contributed by atoms with van der Waals surface area (Å²) < 4.78 is 10.9. The molecule has 146 valence electrons. The molecule has 2 N–H and O–H groups in total. The molecule has 2 heterocycles. The van der Waals surface area contributed by atoms with E-state index < -0.39 is 0 Å². The molecule has 4 rings (SSSR count). The lowest BCUT2D eigenvalue weighted by molar-refractivity contribution is 0.0342. The third kappa shape index (κ3) is 3.71. The Bertz CT molecular complexity index is 996. The Balaban J connectivity index is 1.72. The second kappa shape index (κ2) is 7.83. The van der Waals surface area contributed by atoms with E-state index in [1.54, 1.807) is 0 Å². The molecule has 0 unspecified atom stereocenters. The summed E-state index contributed by atoms with van der Waals surface area (Å²) in [5.74, 6) is 0.109. The van der Waals surface area contributed by atoms with E-state index in [0.717, 1.165) is 44.0 Å². The van der Waals surface area contributed by atoms with Crippen LogP contribution in [0.2, 0.25) is 5.02 Å². The van der Waals surface area contributed by atoms with Gasteiger partial charge in [-0.3, -0.25) is 4.90 Å². The van der Waals surface area contributed by atoms with Crippen LogP contribution in [0.25, 0.3) is 22.5 Å². The minimum Gasteiger partial charge on any atom is -0.507 e. The van der Waals surface area contributed by atoms with Crippen molar-refractivity contribution in [2.45, 2.75) is 13.5 Å². The predicted molar refractivity (Wildman–Crippen MR) is 107 cm³/mol. The molecule has 1 fully saturated rings. The second-order valence-corrected chi connectivity index (χ2v) is 7.29. The normalized spacial score (nSPS) is 15.1. The van der Waals surface area contributed by atoms with Gasteiger partial charge in [0.15, 0.2) is 5.76 Å². The van der Waals surface area contributed by atoms with Gasteiger partial charge >= 0.3 is 0 Å². The summed E-state index contributed by atoms with van der Waals surface area (Å²) in [5.41, 5.74) is 4.02. The predicted octanol–water partition coefficient (Wildman–Crippen LogP) is 4.21. The Labute approximate surface area is 167 Å². The van der Waals surface area contributed by atoms with Crippen molar-refractivity contribution in [3.05, 3.63) is 52.7 Å². The van der Waals surface area contributed by atoms with E-state index in [1.807, 2.05) is 19.1 Å². The highest BCUT2D eigenvalue weighted by Gasteiger charge is 2.21. The van der Waals surface area contributed by atoms with Gasteiger partial charge in [-0.15, -0.1) is 0 Å². The van der Waals surface area contributed by atoms with Crippen molar-refractivity contribution in [1.29, 1.82) is 0 Å². The van der Waals surface area contributed by atoms with Crippen molar-refractivity contribution in [2.24, 2.45) is 0 Å². The minimum atomic E-state index is -0.187. The Morgan fingerprint density at radius 2 is 1.89 bits per heavy atom. The van der Waals surface area contributed by atoms with Crippen LogP contribution in [0.3, 0.4) is 0 Å². The van der Waals surface area contributed by atoms with Crippen molar-refractivity contribution >= 4 is 11.6 Å². The number of hydrogen-bond donors (Lipinski definition) is 2. The summed E-state index contributed by atoms with van der Waals surface area (Å²) in [6.45, 7) is 6.05. The van der Waals surface area contributed by atoms with Gasteiger partial charge in [-0.25, -0.2) is 0 Å². The second-order valence-electron chi connectivity index (χ2n) is 6.88. The number of aryl methyl sites for hydroxylation is 1. The van der Waals surface area contributed by atoms with E-state index in [1.165, 1.54) is 17.7 Å². The van der Waals surface area contributed by atoms with Gasteiger partial charge in [0.1, 0.15) is 11.5 Å². The van der Waals surface area contributed by atoms with Crippen LogP contribution in [0, 0.1) is 6.92 Å². The molecule has 0 aliphatic carbocycles. The third-order valence-corrected chi connectivity index (χ3v) is 5.20. The first-order valence-electron chi connectivity index (χ1n) is 9.10. The van der Waals surface area contributed by atoms with Crippen LogP contribution in [-0.4, -0.2) is 46.6 Å². The number of phenols is 2. The monoisotopic (exact) mass is 400 g/mol. The standard InChI is InChI=1S/C21H21ClN2O4/c1-13-20(21(28-23-13)16-10-17(22)19(26)11-18(16)25)15-4-2-3-14(9-15)12-24-5-7-27-8-6-24/h2-4,9-11,25-26H,5-8,12H2,1H3. The molecule has 28 heavy (non-hydrogen) atoms. The molecule has 1 aromatic heterocycles. The van der Waals surface area contributed by atoms with Crippen molar-refractivity contribution in [2.75, 3.05) is 26.3 Å². The van der Waals surface area contributed by atoms with Gasteiger partial charge in [0, 0.05) is 25.7 Å². The molecule has 6 nitrogen and oxygen atoms in total. The van der Waals surface area contributed by atoms with Gasteiger partial charge < -0.3 is 19.5 Å². The molecule has 1 aliphatic heterocycles. The summed E-state index contributed by atoms with van der Waals surface area (Å²) in [7, 11) is 0. The Morgan fingerprint density at radius 3 is 2.68 bits per heavy atom. The topological polar surface area (TPSA) is 79.0 Å². The molecule has 0 radical (unpaired) electrons. The molecule has 0 atom stereocenters. The van der Waals surface area contributed by atoms with Crippen LogP contribution >= 0.6 is 11.6 Å². The Hall–Kier alpha value is -2.54. The first-order valence-corrected chi connectivity index (χ1v) is 9.48. The highest BCUT2D eigenvalue weighted by Crippen LogP contribution is 2.42. The molecule has 1 saturated heterocycles. The number of phenolic OH excluding ortho intramolecular Hbond substituents is 2. The van der Waals surface area contributed by atoms with Gasteiger partial charge in [0.25, 0.3) is 0 Å². The number of morpholine rings is 1. The van der Waals surface area contributed by atoms with E-state index >= 15 is 0 Å². The molecular formula is C21H21ClN2O4. The fourth-order valence-electron chi connectivity index (χ4n) is 3.47. The lowest BCUT2D eigenvalue weighted by Crippen LogP contribution is -2.35. The fraction of sp³-hybridized carbons (Fsp3) is 0.286. The zero-order valence-electron chi connectivity index (χ0n) is 15.5. The van der Waals surface area contributed by atoms with E-state index in [4.69, 9.17) is 20.9 Å². The quantitative estimate of drug-likeness (QED) is 0.682. The van der Waals surface area contributed by atoms with Gasteiger partial charge in [-0.2, -0.15) is 0 Å². The summed E-state index contributed by atoms with van der Waals surface area (Å²) in [4.78, 5) is 2.36. The molecule has 3 aromatic rings. The maximum Gasteiger partial charge on any atom is 0.178 e. The molecule has 0 saturated carbocycles. The van der Waals surface area contributed by atoms with Crippen molar-refractivity contribution in [3.63, 3.8) is 0 Å². The molecule has 0 spiro atoms. The number of halogens is 1. The number of aromatic nitrogens is 1. The summed E-state index contributed by atoms with van der Waals surface area (Å²) in [6.07, 6.45) is 0. The molecule has 7 heteroatoms. The van der Waals surface area contributed by atoms with E-state index in [-0.39, 0.29) is 16.5 Å². The lowest BCUT2D eigenvalue weighted by Gasteiger charge is -2.26. The van der Waals surface area contributed by atoms with Crippen LogP contribution in [0.4, 0.5) is 0 Å². The number of aromatic hydroxyl groups is 2. The van der Waals surface area contributed by atoms with E-state index in [9.17, 15) is 10.2 Å². The zero-order valence-corrected chi connectivity index (χ0v) is 16.2. The largest absolute Gasteiger partial charge is 0.507 e. The number of nitrogens with zero attached hydrogens (tertiary/aromatic N) is 2. The number of benzene rings is 2. The van der Waals surface area contributed by atoms with Crippen LogP contribution in [-0.2, 0) is 11.3 Å². The molecule has 0 amide bonds. The first kappa shape index (κ1) is 18.8. The molecular weight excluding hydrogens is 380 g/mol. The minimum absolute atomic E-state index is 0.122. The van der Waals surface area contributed by atoms with Gasteiger partial charge in [-0.05, 0) is 30.2 Å². The Morgan fingerprint density at radius 1 is 1.11 bits per heavy atom. The third-order valence-electron chi connectivity index (χ3n) is 4.90. The van der Waals surface area contributed by atoms with Crippen LogP contribution in [0.1, 0.15) is 11.3 Å². The SMILES string of the molecule is Cc1noc(-c2cc(Cl)c(O)cc2O)c1-c1cccc(CN2CCOCC2)c1. The summed E-state index contributed by atoms with van der Waals surface area (Å²) in [5, 5.41) is 24.2. The van der Waals surface area contributed by atoms with Crippen LogP contribution < -0.4 is 0 Å².